The molecule has 4 nitrogen and oxygen atoms in total. The third-order valence-electron chi connectivity index (χ3n) is 3.14. The maximum atomic E-state index is 12.0. The quantitative estimate of drug-likeness (QED) is 0.806. The van der Waals surface area contributed by atoms with E-state index in [1.807, 2.05) is 32.0 Å². The Morgan fingerprint density at radius 3 is 2.60 bits per heavy atom. The number of hydrogen-bond acceptors (Lipinski definition) is 3. The van der Waals surface area contributed by atoms with E-state index in [0.717, 1.165) is 23.4 Å². The van der Waals surface area contributed by atoms with Crippen LogP contribution in [0.25, 0.3) is 0 Å². The topological polar surface area (TPSA) is 50.4 Å². The Labute approximate surface area is 121 Å². The van der Waals surface area contributed by atoms with Gasteiger partial charge in [-0.25, -0.2) is 0 Å². The molecule has 0 fully saturated rings. The van der Waals surface area contributed by atoms with Gasteiger partial charge in [0.05, 0.1) is 12.8 Å². The molecule has 0 aromatic heterocycles. The average molecular weight is 278 g/mol. The number of aryl methyl sites for hydroxylation is 1. The fourth-order valence-electron chi connectivity index (χ4n) is 1.87. The van der Waals surface area contributed by atoms with Crippen LogP contribution in [0.1, 0.15) is 32.8 Å². The summed E-state index contributed by atoms with van der Waals surface area (Å²) in [7, 11) is 1.63. The second-order valence-electron chi connectivity index (χ2n) is 5.54. The van der Waals surface area contributed by atoms with Gasteiger partial charge in [0.2, 0.25) is 5.91 Å². The van der Waals surface area contributed by atoms with Crippen LogP contribution in [-0.2, 0) is 4.79 Å². The first-order valence-electron chi connectivity index (χ1n) is 7.13. The molecule has 1 amide bonds. The number of amides is 1. The van der Waals surface area contributed by atoms with Crippen molar-refractivity contribution >= 4 is 11.6 Å². The first kappa shape index (κ1) is 16.3. The molecule has 1 unspecified atom stereocenters. The van der Waals surface area contributed by atoms with Gasteiger partial charge in [-0.3, -0.25) is 4.79 Å². The molecule has 20 heavy (non-hydrogen) atoms. The summed E-state index contributed by atoms with van der Waals surface area (Å²) < 4.78 is 5.30. The molecule has 0 aliphatic rings. The molecule has 2 N–H and O–H groups in total. The summed E-state index contributed by atoms with van der Waals surface area (Å²) in [5.74, 6) is 1.35. The smallest absolute Gasteiger partial charge is 0.242 e. The van der Waals surface area contributed by atoms with E-state index in [9.17, 15) is 4.79 Å². The standard InChI is InChI=1S/C16H26N2O2/c1-11(2)8-9-17-16(19)13(4)18-14-10-12(3)6-7-15(14)20-5/h6-7,10-11,13,18H,8-9H2,1-5H3,(H,17,19). The third-order valence-corrected chi connectivity index (χ3v) is 3.14. The molecule has 1 rings (SSSR count). The van der Waals surface area contributed by atoms with Crippen molar-refractivity contribution in [3.05, 3.63) is 23.8 Å². The van der Waals surface area contributed by atoms with Gasteiger partial charge in [-0.1, -0.05) is 19.9 Å². The number of rotatable bonds is 7. The van der Waals surface area contributed by atoms with E-state index in [1.165, 1.54) is 0 Å². The molecule has 0 aliphatic heterocycles. The fraction of sp³-hybridized carbons (Fsp3) is 0.562. The Hall–Kier alpha value is -1.71. The van der Waals surface area contributed by atoms with Crippen LogP contribution in [0.5, 0.6) is 5.75 Å². The highest BCUT2D eigenvalue weighted by Crippen LogP contribution is 2.25. The Morgan fingerprint density at radius 2 is 2.00 bits per heavy atom. The number of methoxy groups -OCH3 is 1. The highest BCUT2D eigenvalue weighted by atomic mass is 16.5. The number of hydrogen-bond donors (Lipinski definition) is 2. The van der Waals surface area contributed by atoms with E-state index in [1.54, 1.807) is 7.11 Å². The monoisotopic (exact) mass is 278 g/mol. The van der Waals surface area contributed by atoms with Crippen LogP contribution < -0.4 is 15.4 Å². The average Bonchev–Trinajstić information content (AvgIpc) is 2.38. The summed E-state index contributed by atoms with van der Waals surface area (Å²) in [5.41, 5.74) is 1.97. The zero-order chi connectivity index (χ0) is 15.1. The van der Waals surface area contributed by atoms with Crippen molar-refractivity contribution < 1.29 is 9.53 Å². The molecule has 112 valence electrons. The van der Waals surface area contributed by atoms with E-state index in [0.29, 0.717) is 12.5 Å². The third kappa shape index (κ3) is 5.11. The van der Waals surface area contributed by atoms with Gasteiger partial charge in [0.15, 0.2) is 0 Å². The van der Waals surface area contributed by atoms with Crippen LogP contribution in [-0.4, -0.2) is 25.6 Å². The molecular weight excluding hydrogens is 252 g/mol. The zero-order valence-corrected chi connectivity index (χ0v) is 13.1. The van der Waals surface area contributed by atoms with Crippen LogP contribution in [0.4, 0.5) is 5.69 Å². The molecule has 1 aromatic carbocycles. The van der Waals surface area contributed by atoms with Gasteiger partial charge in [0, 0.05) is 6.54 Å². The van der Waals surface area contributed by atoms with Gasteiger partial charge in [0.25, 0.3) is 0 Å². The molecule has 1 atom stereocenters. The number of carbonyl (C=O) groups excluding carboxylic acids is 1. The van der Waals surface area contributed by atoms with E-state index >= 15 is 0 Å². The molecule has 1 aromatic rings. The lowest BCUT2D eigenvalue weighted by molar-refractivity contribution is -0.121. The van der Waals surface area contributed by atoms with Crippen molar-refractivity contribution in [2.45, 2.75) is 40.2 Å². The van der Waals surface area contributed by atoms with E-state index in [4.69, 9.17) is 4.74 Å². The van der Waals surface area contributed by atoms with Crippen LogP contribution in [0, 0.1) is 12.8 Å². The van der Waals surface area contributed by atoms with Crippen LogP contribution >= 0.6 is 0 Å². The summed E-state index contributed by atoms with van der Waals surface area (Å²) in [6.07, 6.45) is 0.992. The van der Waals surface area contributed by atoms with Crippen molar-refractivity contribution in [1.29, 1.82) is 0 Å². The number of anilines is 1. The van der Waals surface area contributed by atoms with Crippen molar-refractivity contribution in [2.24, 2.45) is 5.92 Å². The lowest BCUT2D eigenvalue weighted by atomic mass is 10.1. The lowest BCUT2D eigenvalue weighted by Gasteiger charge is -2.18. The van der Waals surface area contributed by atoms with E-state index in [-0.39, 0.29) is 11.9 Å². The number of carbonyl (C=O) groups is 1. The lowest BCUT2D eigenvalue weighted by Crippen LogP contribution is -2.38. The van der Waals surface area contributed by atoms with Gasteiger partial charge in [0.1, 0.15) is 11.8 Å². The molecule has 0 bridgehead atoms. The molecule has 0 radical (unpaired) electrons. The largest absolute Gasteiger partial charge is 0.495 e. The summed E-state index contributed by atoms with van der Waals surface area (Å²) in [4.78, 5) is 12.0. The first-order valence-corrected chi connectivity index (χ1v) is 7.13. The van der Waals surface area contributed by atoms with Crippen molar-refractivity contribution in [3.8, 4) is 5.75 Å². The summed E-state index contributed by atoms with van der Waals surface area (Å²) >= 11 is 0. The van der Waals surface area contributed by atoms with Crippen LogP contribution in [0.2, 0.25) is 0 Å². The van der Waals surface area contributed by atoms with Crippen molar-refractivity contribution in [3.63, 3.8) is 0 Å². The van der Waals surface area contributed by atoms with Gasteiger partial charge in [-0.05, 0) is 43.9 Å². The SMILES string of the molecule is COc1ccc(C)cc1NC(C)C(=O)NCCC(C)C. The molecule has 4 heteroatoms. The Kier molecular flexibility index (Phi) is 6.36. The van der Waals surface area contributed by atoms with E-state index < -0.39 is 0 Å². The molecule has 0 saturated heterocycles. The number of ether oxygens (including phenoxy) is 1. The summed E-state index contributed by atoms with van der Waals surface area (Å²) in [6.45, 7) is 8.87. The number of nitrogens with one attached hydrogen (secondary N) is 2. The van der Waals surface area contributed by atoms with Crippen LogP contribution in [0.15, 0.2) is 18.2 Å². The van der Waals surface area contributed by atoms with Crippen molar-refractivity contribution in [2.75, 3.05) is 19.0 Å². The predicted molar refractivity (Wildman–Crippen MR) is 83.3 cm³/mol. The maximum Gasteiger partial charge on any atom is 0.242 e. The Morgan fingerprint density at radius 1 is 1.30 bits per heavy atom. The second-order valence-corrected chi connectivity index (χ2v) is 5.54. The minimum atomic E-state index is -0.294. The van der Waals surface area contributed by atoms with Gasteiger partial charge in [-0.2, -0.15) is 0 Å². The summed E-state index contributed by atoms with van der Waals surface area (Å²) in [6, 6.07) is 5.58. The van der Waals surface area contributed by atoms with Gasteiger partial charge < -0.3 is 15.4 Å². The normalized spacial score (nSPS) is 12.1. The second kappa shape index (κ2) is 7.78. The minimum Gasteiger partial charge on any atom is -0.495 e. The highest BCUT2D eigenvalue weighted by Gasteiger charge is 2.14. The minimum absolute atomic E-state index is 0.00853. The Bertz CT molecular complexity index is 444. The van der Waals surface area contributed by atoms with Crippen LogP contribution in [0.3, 0.4) is 0 Å². The maximum absolute atomic E-state index is 12.0. The first-order chi connectivity index (χ1) is 9.43. The summed E-state index contributed by atoms with van der Waals surface area (Å²) in [5, 5.41) is 6.15. The Balaban J connectivity index is 2.58. The fourth-order valence-corrected chi connectivity index (χ4v) is 1.87. The van der Waals surface area contributed by atoms with Crippen molar-refractivity contribution in [1.82, 2.24) is 5.32 Å². The van der Waals surface area contributed by atoms with Gasteiger partial charge in [-0.15, -0.1) is 0 Å². The highest BCUT2D eigenvalue weighted by molar-refractivity contribution is 5.84. The van der Waals surface area contributed by atoms with Gasteiger partial charge >= 0.3 is 0 Å². The van der Waals surface area contributed by atoms with E-state index in [2.05, 4.69) is 24.5 Å². The predicted octanol–water partition coefficient (Wildman–Crippen LogP) is 2.97. The molecular formula is C16H26N2O2. The molecule has 0 spiro atoms. The molecule has 0 heterocycles. The molecule has 0 aliphatic carbocycles. The number of benzene rings is 1. The zero-order valence-electron chi connectivity index (χ0n) is 13.1. The molecule has 0 saturated carbocycles.